The van der Waals surface area contributed by atoms with E-state index < -0.39 is 0 Å². The summed E-state index contributed by atoms with van der Waals surface area (Å²) in [6.07, 6.45) is 8.21. The van der Waals surface area contributed by atoms with Crippen LogP contribution in [0.3, 0.4) is 0 Å². The summed E-state index contributed by atoms with van der Waals surface area (Å²) in [5.41, 5.74) is 6.56. The average molecular weight is 381 g/mol. The standard InChI is InChI=1S/C22H32N6/c1-14(2)28-16(4)19(15(3)25-28)13-27-17-7-8-21(27)18-12-23-22(24-20(18)11-17)26-9-5-6-10-26/h12,14,17,21H,5-11,13H2,1-4H3. The first kappa shape index (κ1) is 18.1. The normalized spacial score (nSPS) is 24.4. The highest BCUT2D eigenvalue weighted by molar-refractivity contribution is 5.38. The van der Waals surface area contributed by atoms with E-state index in [1.54, 1.807) is 0 Å². The van der Waals surface area contributed by atoms with E-state index in [9.17, 15) is 0 Å². The molecule has 3 aliphatic heterocycles. The lowest BCUT2D eigenvalue weighted by Gasteiger charge is -2.36. The molecule has 2 atom stereocenters. The molecular formula is C22H32N6. The first-order valence-electron chi connectivity index (χ1n) is 10.9. The van der Waals surface area contributed by atoms with Crippen LogP contribution in [0.4, 0.5) is 5.95 Å². The van der Waals surface area contributed by atoms with Crippen LogP contribution < -0.4 is 4.90 Å². The van der Waals surface area contributed by atoms with Gasteiger partial charge in [0.2, 0.25) is 5.95 Å². The molecule has 6 heteroatoms. The Morgan fingerprint density at radius 2 is 1.93 bits per heavy atom. The van der Waals surface area contributed by atoms with Gasteiger partial charge in [0.15, 0.2) is 0 Å². The molecule has 0 saturated carbocycles. The largest absolute Gasteiger partial charge is 0.341 e. The molecule has 5 rings (SSSR count). The Kier molecular flexibility index (Phi) is 4.42. The van der Waals surface area contributed by atoms with Gasteiger partial charge in [0.1, 0.15) is 0 Å². The van der Waals surface area contributed by atoms with Gasteiger partial charge in [-0.05, 0) is 53.4 Å². The summed E-state index contributed by atoms with van der Waals surface area (Å²) in [5.74, 6) is 0.953. The Balaban J connectivity index is 1.42. The first-order chi connectivity index (χ1) is 13.5. The molecule has 2 unspecified atom stereocenters. The van der Waals surface area contributed by atoms with E-state index in [2.05, 4.69) is 48.4 Å². The van der Waals surface area contributed by atoms with E-state index in [0.29, 0.717) is 18.1 Å². The maximum absolute atomic E-state index is 5.01. The smallest absolute Gasteiger partial charge is 0.225 e. The molecule has 2 fully saturated rings. The predicted molar refractivity (Wildman–Crippen MR) is 111 cm³/mol. The van der Waals surface area contributed by atoms with Gasteiger partial charge in [-0.1, -0.05) is 0 Å². The quantitative estimate of drug-likeness (QED) is 0.809. The fourth-order valence-electron chi connectivity index (χ4n) is 5.49. The highest BCUT2D eigenvalue weighted by Gasteiger charge is 2.41. The second-order valence-electron chi connectivity index (χ2n) is 9.08. The monoisotopic (exact) mass is 380 g/mol. The zero-order chi connectivity index (χ0) is 19.4. The number of aromatic nitrogens is 4. The molecule has 2 bridgehead atoms. The van der Waals surface area contributed by atoms with Crippen molar-refractivity contribution in [2.75, 3.05) is 18.0 Å². The highest BCUT2D eigenvalue weighted by Crippen LogP contribution is 2.44. The van der Waals surface area contributed by atoms with Gasteiger partial charge in [-0.25, -0.2) is 9.97 Å². The second kappa shape index (κ2) is 6.83. The lowest BCUT2D eigenvalue weighted by Crippen LogP contribution is -2.38. The Morgan fingerprint density at radius 1 is 1.14 bits per heavy atom. The zero-order valence-electron chi connectivity index (χ0n) is 17.6. The van der Waals surface area contributed by atoms with Gasteiger partial charge in [-0.3, -0.25) is 9.58 Å². The van der Waals surface area contributed by atoms with Gasteiger partial charge in [-0.15, -0.1) is 0 Å². The van der Waals surface area contributed by atoms with Crippen molar-refractivity contribution in [2.45, 2.75) is 84.5 Å². The van der Waals surface area contributed by atoms with Crippen LogP contribution in [-0.4, -0.2) is 43.8 Å². The molecule has 2 saturated heterocycles. The number of hydrogen-bond acceptors (Lipinski definition) is 5. The number of nitrogens with zero attached hydrogens (tertiary/aromatic N) is 6. The fraction of sp³-hybridized carbons (Fsp3) is 0.682. The van der Waals surface area contributed by atoms with Crippen LogP contribution in [0.5, 0.6) is 0 Å². The van der Waals surface area contributed by atoms with Crippen molar-refractivity contribution in [1.82, 2.24) is 24.6 Å². The molecule has 6 nitrogen and oxygen atoms in total. The summed E-state index contributed by atoms with van der Waals surface area (Å²) in [6, 6.07) is 1.46. The van der Waals surface area contributed by atoms with E-state index in [1.165, 1.54) is 53.9 Å². The van der Waals surface area contributed by atoms with Crippen molar-refractivity contribution in [2.24, 2.45) is 0 Å². The molecule has 3 aliphatic rings. The van der Waals surface area contributed by atoms with Crippen molar-refractivity contribution < 1.29 is 0 Å². The van der Waals surface area contributed by atoms with Crippen LogP contribution in [0.1, 0.15) is 79.8 Å². The molecule has 0 amide bonds. The van der Waals surface area contributed by atoms with E-state index >= 15 is 0 Å². The Labute approximate surface area is 168 Å². The fourth-order valence-corrected chi connectivity index (χ4v) is 5.49. The summed E-state index contributed by atoms with van der Waals surface area (Å²) in [4.78, 5) is 14.8. The number of anilines is 1. The van der Waals surface area contributed by atoms with Crippen molar-refractivity contribution in [3.8, 4) is 0 Å². The molecule has 0 aromatic carbocycles. The second-order valence-corrected chi connectivity index (χ2v) is 9.08. The highest BCUT2D eigenvalue weighted by atomic mass is 15.3. The molecule has 28 heavy (non-hydrogen) atoms. The lowest BCUT2D eigenvalue weighted by molar-refractivity contribution is 0.165. The van der Waals surface area contributed by atoms with Crippen LogP contribution in [-0.2, 0) is 13.0 Å². The van der Waals surface area contributed by atoms with Crippen molar-refractivity contribution in [1.29, 1.82) is 0 Å². The maximum atomic E-state index is 5.01. The number of hydrogen-bond donors (Lipinski definition) is 0. The number of rotatable bonds is 4. The topological polar surface area (TPSA) is 50.1 Å². The molecule has 2 aromatic rings. The Hall–Kier alpha value is -1.95. The molecule has 0 spiro atoms. The van der Waals surface area contributed by atoms with Crippen molar-refractivity contribution >= 4 is 5.95 Å². The van der Waals surface area contributed by atoms with Gasteiger partial charge in [0.25, 0.3) is 0 Å². The van der Waals surface area contributed by atoms with Gasteiger partial charge in [0.05, 0.1) is 11.4 Å². The molecule has 2 aromatic heterocycles. The SMILES string of the molecule is Cc1nn(C(C)C)c(C)c1CN1C2CCC1c1cnc(N3CCCC3)nc1C2. The summed E-state index contributed by atoms with van der Waals surface area (Å²) in [5, 5.41) is 4.81. The summed E-state index contributed by atoms with van der Waals surface area (Å²) in [6.45, 7) is 12.0. The summed E-state index contributed by atoms with van der Waals surface area (Å²) < 4.78 is 2.18. The van der Waals surface area contributed by atoms with Gasteiger partial charge >= 0.3 is 0 Å². The number of fused-ring (bicyclic) bond motifs is 4. The van der Waals surface area contributed by atoms with Crippen molar-refractivity contribution in [3.63, 3.8) is 0 Å². The van der Waals surface area contributed by atoms with E-state index in [-0.39, 0.29) is 0 Å². The van der Waals surface area contributed by atoms with E-state index in [4.69, 9.17) is 15.1 Å². The molecule has 0 aliphatic carbocycles. The third-order valence-corrected chi connectivity index (χ3v) is 7.01. The molecule has 0 radical (unpaired) electrons. The van der Waals surface area contributed by atoms with Gasteiger partial charge < -0.3 is 4.90 Å². The minimum absolute atomic E-state index is 0.406. The predicted octanol–water partition coefficient (Wildman–Crippen LogP) is 3.73. The molecule has 0 N–H and O–H groups in total. The van der Waals surface area contributed by atoms with Crippen molar-refractivity contribution in [3.05, 3.63) is 34.4 Å². The van der Waals surface area contributed by atoms with E-state index in [0.717, 1.165) is 32.0 Å². The van der Waals surface area contributed by atoms with Crippen LogP contribution >= 0.6 is 0 Å². The third-order valence-electron chi connectivity index (χ3n) is 7.01. The van der Waals surface area contributed by atoms with Gasteiger partial charge in [0, 0.05) is 67.2 Å². The first-order valence-corrected chi connectivity index (χ1v) is 10.9. The zero-order valence-corrected chi connectivity index (χ0v) is 17.6. The average Bonchev–Trinajstić information content (AvgIpc) is 3.36. The lowest BCUT2D eigenvalue weighted by atomic mass is 9.98. The van der Waals surface area contributed by atoms with Gasteiger partial charge in [-0.2, -0.15) is 5.10 Å². The summed E-state index contributed by atoms with van der Waals surface area (Å²) in [7, 11) is 0. The van der Waals surface area contributed by atoms with Crippen LogP contribution in [0, 0.1) is 13.8 Å². The Bertz CT molecular complexity index is 879. The minimum atomic E-state index is 0.406. The maximum Gasteiger partial charge on any atom is 0.225 e. The van der Waals surface area contributed by atoms with Crippen LogP contribution in [0.15, 0.2) is 6.20 Å². The summed E-state index contributed by atoms with van der Waals surface area (Å²) >= 11 is 0. The third kappa shape index (κ3) is 2.84. The molecular weight excluding hydrogens is 348 g/mol. The van der Waals surface area contributed by atoms with Crippen LogP contribution in [0.25, 0.3) is 0 Å². The number of aryl methyl sites for hydroxylation is 1. The Morgan fingerprint density at radius 3 is 2.64 bits per heavy atom. The van der Waals surface area contributed by atoms with Crippen LogP contribution in [0.2, 0.25) is 0 Å². The minimum Gasteiger partial charge on any atom is -0.341 e. The van der Waals surface area contributed by atoms with E-state index in [1.807, 2.05) is 0 Å². The molecule has 150 valence electrons. The molecule has 5 heterocycles.